The average Bonchev–Trinajstić information content (AvgIpc) is 2.97. The second-order valence-corrected chi connectivity index (χ2v) is 8.66. The molecule has 0 atom stereocenters. The van der Waals surface area contributed by atoms with E-state index < -0.39 is 10.0 Å². The Morgan fingerprint density at radius 2 is 1.90 bits per heavy atom. The number of anilines is 2. The largest absolute Gasteiger partial charge is 0.330 e. The molecule has 160 valence electrons. The molecule has 4 N–H and O–H groups in total. The van der Waals surface area contributed by atoms with Gasteiger partial charge < -0.3 is 10.2 Å². The lowest BCUT2D eigenvalue weighted by atomic mass is 10.1. The quantitative estimate of drug-likeness (QED) is 0.350. The van der Waals surface area contributed by atoms with E-state index in [1.807, 2.05) is 31.2 Å². The Balaban J connectivity index is 1.83. The van der Waals surface area contributed by atoms with Gasteiger partial charge in [0.2, 0.25) is 10.0 Å². The predicted molar refractivity (Wildman–Crippen MR) is 126 cm³/mol. The Hall–Kier alpha value is -3.34. The highest BCUT2D eigenvalue weighted by Crippen LogP contribution is 2.29. The molecule has 0 fully saturated rings. The zero-order valence-corrected chi connectivity index (χ0v) is 18.3. The molecular weight excluding hydrogens is 434 g/mol. The molecule has 1 aliphatic rings. The van der Waals surface area contributed by atoms with Crippen LogP contribution in [-0.4, -0.2) is 31.7 Å². The van der Waals surface area contributed by atoms with E-state index in [4.69, 9.17) is 17.4 Å². The Labute approximate surface area is 186 Å². The van der Waals surface area contributed by atoms with Gasteiger partial charge in [-0.25, -0.2) is 13.6 Å². The molecule has 10 heteroatoms. The first kappa shape index (κ1) is 22.3. The summed E-state index contributed by atoms with van der Waals surface area (Å²) in [5, 5.41) is 12.2. The summed E-state index contributed by atoms with van der Waals surface area (Å²) >= 11 is 5.21. The first-order valence-electron chi connectivity index (χ1n) is 9.18. The molecule has 0 radical (unpaired) electrons. The fourth-order valence-electron chi connectivity index (χ4n) is 3.10. The fraction of sp³-hybridized carbons (Fsp3) is 0.0952. The maximum atomic E-state index is 13.0. The van der Waals surface area contributed by atoms with Crippen molar-refractivity contribution in [1.29, 1.82) is 0 Å². The number of para-hydroxylation sites is 2. The number of amides is 1. The number of hydrogen-bond acceptors (Lipinski definition) is 5. The summed E-state index contributed by atoms with van der Waals surface area (Å²) in [6.45, 7) is 5.98. The molecule has 31 heavy (non-hydrogen) atoms. The summed E-state index contributed by atoms with van der Waals surface area (Å²) in [6, 6.07) is 13.4. The zero-order chi connectivity index (χ0) is 22.6. The van der Waals surface area contributed by atoms with Crippen molar-refractivity contribution in [2.45, 2.75) is 11.8 Å². The van der Waals surface area contributed by atoms with Gasteiger partial charge in [-0.1, -0.05) is 54.6 Å². The van der Waals surface area contributed by atoms with Crippen molar-refractivity contribution >= 4 is 50.3 Å². The van der Waals surface area contributed by atoms with Crippen molar-refractivity contribution in [2.75, 3.05) is 16.8 Å². The van der Waals surface area contributed by atoms with Crippen LogP contribution in [0.2, 0.25) is 0 Å². The number of rotatable bonds is 6. The number of allylic oxidation sites excluding steroid dienone is 2. The van der Waals surface area contributed by atoms with E-state index in [1.165, 1.54) is 12.1 Å². The van der Waals surface area contributed by atoms with Crippen molar-refractivity contribution in [1.82, 2.24) is 5.43 Å². The van der Waals surface area contributed by atoms with Gasteiger partial charge >= 0.3 is 0 Å². The Kier molecular flexibility index (Phi) is 6.64. The zero-order valence-electron chi connectivity index (χ0n) is 16.7. The maximum Gasteiger partial charge on any atom is 0.279 e. The molecular formula is C21H21N5O3S2. The molecule has 0 aromatic heterocycles. The molecule has 0 spiro atoms. The molecule has 2 aromatic carbocycles. The molecule has 0 bridgehead atoms. The topological polar surface area (TPSA) is 117 Å². The molecule has 2 aromatic rings. The third kappa shape index (κ3) is 5.05. The number of nitrogens with two attached hydrogens (primary N) is 1. The van der Waals surface area contributed by atoms with Crippen LogP contribution in [0.15, 0.2) is 82.8 Å². The SMILES string of the molecule is C=C/C=C(\C)CN1C(=O)/C(=N\NC(=S)Nc2ccccc2S(N)(=O)=O)c2ccccc21. The van der Waals surface area contributed by atoms with Crippen molar-refractivity contribution in [3.63, 3.8) is 0 Å². The molecule has 0 unspecified atom stereocenters. The van der Waals surface area contributed by atoms with Crippen LogP contribution in [0.1, 0.15) is 12.5 Å². The van der Waals surface area contributed by atoms with Crippen LogP contribution in [0.25, 0.3) is 0 Å². The van der Waals surface area contributed by atoms with E-state index in [2.05, 4.69) is 22.4 Å². The summed E-state index contributed by atoms with van der Waals surface area (Å²) in [5.74, 6) is -0.279. The van der Waals surface area contributed by atoms with Crippen molar-refractivity contribution in [2.24, 2.45) is 10.2 Å². The second-order valence-electron chi connectivity index (χ2n) is 6.72. The number of carbonyl (C=O) groups is 1. The van der Waals surface area contributed by atoms with Gasteiger partial charge in [0.25, 0.3) is 5.91 Å². The Morgan fingerprint density at radius 1 is 1.23 bits per heavy atom. The first-order chi connectivity index (χ1) is 14.7. The van der Waals surface area contributed by atoms with E-state index in [0.717, 1.165) is 11.3 Å². The number of benzene rings is 2. The summed E-state index contributed by atoms with van der Waals surface area (Å²) in [5.41, 5.74) is 5.39. The summed E-state index contributed by atoms with van der Waals surface area (Å²) < 4.78 is 23.5. The van der Waals surface area contributed by atoms with Crippen molar-refractivity contribution < 1.29 is 13.2 Å². The van der Waals surface area contributed by atoms with Crippen LogP contribution in [0, 0.1) is 0 Å². The molecule has 0 aliphatic carbocycles. The molecule has 8 nitrogen and oxygen atoms in total. The van der Waals surface area contributed by atoms with Crippen LogP contribution in [0.3, 0.4) is 0 Å². The van der Waals surface area contributed by atoms with Gasteiger partial charge in [0.05, 0.1) is 11.4 Å². The lowest BCUT2D eigenvalue weighted by Gasteiger charge is -2.17. The molecule has 1 amide bonds. The normalized spacial score (nSPS) is 15.0. The highest BCUT2D eigenvalue weighted by Gasteiger charge is 2.33. The number of sulfonamides is 1. The maximum absolute atomic E-state index is 13.0. The molecule has 1 heterocycles. The summed E-state index contributed by atoms with van der Waals surface area (Å²) in [7, 11) is -3.94. The van der Waals surface area contributed by atoms with Crippen LogP contribution >= 0.6 is 12.2 Å². The standard InChI is InChI=1S/C21H21N5O3S2/c1-3-8-14(2)13-26-17-11-6-4-9-15(17)19(20(26)27)24-25-21(30)23-16-10-5-7-12-18(16)31(22,28)29/h3-12H,1,13H2,2H3,(H2,22,28,29)(H2,23,25,30)/b14-8+,24-19-. The van der Waals surface area contributed by atoms with Gasteiger partial charge in [-0.2, -0.15) is 5.10 Å². The third-order valence-electron chi connectivity index (χ3n) is 4.42. The van der Waals surface area contributed by atoms with Crippen LogP contribution < -0.4 is 20.8 Å². The third-order valence-corrected chi connectivity index (χ3v) is 5.58. The second kappa shape index (κ2) is 9.21. The minimum absolute atomic E-state index is 0.00932. The van der Waals surface area contributed by atoms with E-state index in [0.29, 0.717) is 12.1 Å². The first-order valence-corrected chi connectivity index (χ1v) is 11.1. The number of carbonyl (C=O) groups excluding carboxylic acids is 1. The number of thiocarbonyl (C=S) groups is 1. The van der Waals surface area contributed by atoms with Gasteiger partial charge in [-0.05, 0) is 37.3 Å². The number of hydrogen-bond donors (Lipinski definition) is 3. The molecule has 3 rings (SSSR count). The lowest BCUT2D eigenvalue weighted by molar-refractivity contribution is -0.112. The number of nitrogens with one attached hydrogen (secondary N) is 2. The van der Waals surface area contributed by atoms with E-state index in [9.17, 15) is 13.2 Å². The highest BCUT2D eigenvalue weighted by atomic mass is 32.2. The number of hydrazone groups is 1. The minimum atomic E-state index is -3.94. The molecule has 0 saturated carbocycles. The van der Waals surface area contributed by atoms with Crippen molar-refractivity contribution in [3.8, 4) is 0 Å². The van der Waals surface area contributed by atoms with Gasteiger partial charge in [0.1, 0.15) is 4.90 Å². The van der Waals surface area contributed by atoms with Crippen LogP contribution in [0.5, 0.6) is 0 Å². The van der Waals surface area contributed by atoms with E-state index in [1.54, 1.807) is 29.2 Å². The fourth-order valence-corrected chi connectivity index (χ4v) is 3.95. The monoisotopic (exact) mass is 455 g/mol. The van der Waals surface area contributed by atoms with Crippen LogP contribution in [-0.2, 0) is 14.8 Å². The minimum Gasteiger partial charge on any atom is -0.330 e. The summed E-state index contributed by atoms with van der Waals surface area (Å²) in [6.07, 6.45) is 3.51. The highest BCUT2D eigenvalue weighted by molar-refractivity contribution is 7.89. The van der Waals surface area contributed by atoms with Crippen LogP contribution in [0.4, 0.5) is 11.4 Å². The van der Waals surface area contributed by atoms with Gasteiger partial charge in [-0.15, -0.1) is 0 Å². The van der Waals surface area contributed by atoms with E-state index in [-0.39, 0.29) is 27.3 Å². The van der Waals surface area contributed by atoms with Gasteiger partial charge in [-0.3, -0.25) is 10.2 Å². The average molecular weight is 456 g/mol. The number of primary sulfonamides is 1. The van der Waals surface area contributed by atoms with Gasteiger partial charge in [0, 0.05) is 12.1 Å². The number of fused-ring (bicyclic) bond motifs is 1. The Bertz CT molecular complexity index is 1220. The predicted octanol–water partition coefficient (Wildman–Crippen LogP) is 2.50. The van der Waals surface area contributed by atoms with Crippen molar-refractivity contribution in [3.05, 3.63) is 78.4 Å². The number of nitrogens with zero attached hydrogens (tertiary/aromatic N) is 2. The smallest absolute Gasteiger partial charge is 0.279 e. The molecule has 1 aliphatic heterocycles. The van der Waals surface area contributed by atoms with Gasteiger partial charge in [0.15, 0.2) is 10.8 Å². The van der Waals surface area contributed by atoms with E-state index >= 15 is 0 Å². The molecule has 0 saturated heterocycles. The summed E-state index contributed by atoms with van der Waals surface area (Å²) in [4.78, 5) is 14.5. The Morgan fingerprint density at radius 3 is 2.61 bits per heavy atom. The lowest BCUT2D eigenvalue weighted by Crippen LogP contribution is -2.33.